The highest BCUT2D eigenvalue weighted by atomic mass is 16.5. The first-order valence-corrected chi connectivity index (χ1v) is 6.66. The van der Waals surface area contributed by atoms with Crippen LogP contribution in [0.4, 0.5) is 0 Å². The van der Waals surface area contributed by atoms with E-state index in [-0.39, 0.29) is 0 Å². The van der Waals surface area contributed by atoms with Crippen molar-refractivity contribution in [3.63, 3.8) is 0 Å². The third-order valence-corrected chi connectivity index (χ3v) is 3.08. The van der Waals surface area contributed by atoms with Gasteiger partial charge in [-0.2, -0.15) is 0 Å². The van der Waals surface area contributed by atoms with Gasteiger partial charge in [0, 0.05) is 6.42 Å². The Balaban J connectivity index is 0.000000574. The maximum Gasteiger partial charge on any atom is 0.123 e. The molecule has 0 N–H and O–H groups in total. The highest BCUT2D eigenvalue weighted by Gasteiger charge is 2.12. The molecule has 1 nitrogen and oxygen atoms in total. The molecule has 0 unspecified atom stereocenters. The third-order valence-electron chi connectivity index (χ3n) is 3.08. The van der Waals surface area contributed by atoms with Gasteiger partial charge in [-0.1, -0.05) is 55.8 Å². The molecule has 0 spiro atoms. The summed E-state index contributed by atoms with van der Waals surface area (Å²) in [4.78, 5) is 0. The Morgan fingerprint density at radius 2 is 1.56 bits per heavy atom. The van der Waals surface area contributed by atoms with Crippen LogP contribution in [0.5, 0.6) is 5.75 Å². The van der Waals surface area contributed by atoms with Crippen LogP contribution in [0.25, 0.3) is 11.1 Å². The molecule has 0 bridgehead atoms. The standard InChI is InChI=1S/C15H14O.C2H6/c1-11-2-4-12(5-3-11)14-7-6-13-8-9-16-15(13)10-14;1-2/h2-7,10H,8-9H2,1H3;1-2H3. The van der Waals surface area contributed by atoms with Crippen molar-refractivity contribution < 1.29 is 4.74 Å². The molecule has 0 saturated heterocycles. The van der Waals surface area contributed by atoms with E-state index in [1.165, 1.54) is 22.3 Å². The minimum atomic E-state index is 0.826. The van der Waals surface area contributed by atoms with Gasteiger partial charge in [-0.25, -0.2) is 0 Å². The van der Waals surface area contributed by atoms with Crippen LogP contribution in [0.15, 0.2) is 42.5 Å². The summed E-state index contributed by atoms with van der Waals surface area (Å²) in [6, 6.07) is 15.1. The van der Waals surface area contributed by atoms with Crippen LogP contribution in [0, 0.1) is 6.92 Å². The lowest BCUT2D eigenvalue weighted by Gasteiger charge is -2.05. The molecule has 94 valence electrons. The predicted octanol–water partition coefficient (Wildman–Crippen LogP) is 4.62. The van der Waals surface area contributed by atoms with E-state index >= 15 is 0 Å². The molecule has 1 aliphatic rings. The molecule has 2 aromatic rings. The topological polar surface area (TPSA) is 9.23 Å². The number of hydrogen-bond acceptors (Lipinski definition) is 1. The van der Waals surface area contributed by atoms with Gasteiger partial charge in [-0.15, -0.1) is 0 Å². The van der Waals surface area contributed by atoms with Crippen molar-refractivity contribution in [2.45, 2.75) is 27.2 Å². The summed E-state index contributed by atoms with van der Waals surface area (Å²) in [5.41, 5.74) is 5.11. The van der Waals surface area contributed by atoms with Gasteiger partial charge in [0.2, 0.25) is 0 Å². The highest BCUT2D eigenvalue weighted by molar-refractivity contribution is 5.66. The number of aryl methyl sites for hydroxylation is 1. The first-order valence-electron chi connectivity index (χ1n) is 6.66. The molecule has 0 saturated carbocycles. The molecule has 2 aromatic carbocycles. The SMILES string of the molecule is CC.Cc1ccc(-c2ccc3c(c2)OCC3)cc1. The van der Waals surface area contributed by atoms with Crippen LogP contribution < -0.4 is 4.74 Å². The molecule has 0 atom stereocenters. The van der Waals surface area contributed by atoms with E-state index in [1.807, 2.05) is 13.8 Å². The van der Waals surface area contributed by atoms with E-state index in [9.17, 15) is 0 Å². The Morgan fingerprint density at radius 3 is 2.28 bits per heavy atom. The minimum Gasteiger partial charge on any atom is -0.493 e. The lowest BCUT2D eigenvalue weighted by atomic mass is 10.0. The maximum atomic E-state index is 5.58. The molecule has 1 heterocycles. The number of ether oxygens (including phenoxy) is 1. The number of benzene rings is 2. The molecule has 3 rings (SSSR count). The number of fused-ring (bicyclic) bond motifs is 1. The van der Waals surface area contributed by atoms with Gasteiger partial charge in [0.25, 0.3) is 0 Å². The summed E-state index contributed by atoms with van der Waals surface area (Å²) in [5.74, 6) is 1.05. The lowest BCUT2D eigenvalue weighted by Crippen LogP contribution is -1.86. The summed E-state index contributed by atoms with van der Waals surface area (Å²) in [6.45, 7) is 6.93. The van der Waals surface area contributed by atoms with Gasteiger partial charge in [0.15, 0.2) is 0 Å². The number of rotatable bonds is 1. The smallest absolute Gasteiger partial charge is 0.123 e. The Labute approximate surface area is 109 Å². The van der Waals surface area contributed by atoms with Crippen molar-refractivity contribution in [3.8, 4) is 16.9 Å². The zero-order chi connectivity index (χ0) is 13.0. The summed E-state index contributed by atoms with van der Waals surface area (Å²) in [5, 5.41) is 0. The second-order valence-corrected chi connectivity index (χ2v) is 4.29. The summed E-state index contributed by atoms with van der Waals surface area (Å²) >= 11 is 0. The van der Waals surface area contributed by atoms with Gasteiger partial charge in [0.05, 0.1) is 6.61 Å². The summed E-state index contributed by atoms with van der Waals surface area (Å²) in [6.07, 6.45) is 1.05. The van der Waals surface area contributed by atoms with E-state index < -0.39 is 0 Å². The van der Waals surface area contributed by atoms with Crippen molar-refractivity contribution in [1.29, 1.82) is 0 Å². The maximum absolute atomic E-state index is 5.58. The van der Waals surface area contributed by atoms with Gasteiger partial charge >= 0.3 is 0 Å². The Kier molecular flexibility index (Phi) is 4.03. The van der Waals surface area contributed by atoms with Crippen LogP contribution in [-0.2, 0) is 6.42 Å². The molecule has 1 heteroatoms. The zero-order valence-corrected chi connectivity index (χ0v) is 11.4. The Morgan fingerprint density at radius 1 is 0.889 bits per heavy atom. The molecule has 0 amide bonds. The van der Waals surface area contributed by atoms with Gasteiger partial charge in [0.1, 0.15) is 5.75 Å². The van der Waals surface area contributed by atoms with Crippen molar-refractivity contribution >= 4 is 0 Å². The van der Waals surface area contributed by atoms with Crippen molar-refractivity contribution in [1.82, 2.24) is 0 Å². The Bertz CT molecular complexity index is 512. The monoisotopic (exact) mass is 240 g/mol. The largest absolute Gasteiger partial charge is 0.493 e. The quantitative estimate of drug-likeness (QED) is 0.706. The van der Waals surface area contributed by atoms with Crippen LogP contribution in [-0.4, -0.2) is 6.61 Å². The summed E-state index contributed by atoms with van der Waals surface area (Å²) < 4.78 is 5.58. The predicted molar refractivity (Wildman–Crippen MR) is 77.2 cm³/mol. The van der Waals surface area contributed by atoms with Gasteiger partial charge in [-0.05, 0) is 29.7 Å². The molecular weight excluding hydrogens is 220 g/mol. The molecule has 1 aliphatic heterocycles. The van der Waals surface area contributed by atoms with Crippen LogP contribution >= 0.6 is 0 Å². The van der Waals surface area contributed by atoms with E-state index in [0.717, 1.165) is 18.8 Å². The number of hydrogen-bond donors (Lipinski definition) is 0. The van der Waals surface area contributed by atoms with Gasteiger partial charge < -0.3 is 4.74 Å². The third kappa shape index (κ3) is 2.56. The molecule has 0 aliphatic carbocycles. The average Bonchev–Trinajstić information content (AvgIpc) is 2.89. The fourth-order valence-corrected chi connectivity index (χ4v) is 2.09. The zero-order valence-electron chi connectivity index (χ0n) is 11.4. The fourth-order valence-electron chi connectivity index (χ4n) is 2.09. The van der Waals surface area contributed by atoms with Gasteiger partial charge in [-0.3, -0.25) is 0 Å². The van der Waals surface area contributed by atoms with E-state index in [1.54, 1.807) is 0 Å². The first-order chi connectivity index (χ1) is 8.83. The second-order valence-electron chi connectivity index (χ2n) is 4.29. The van der Waals surface area contributed by atoms with E-state index in [2.05, 4.69) is 49.4 Å². The van der Waals surface area contributed by atoms with Crippen molar-refractivity contribution in [2.24, 2.45) is 0 Å². The first kappa shape index (κ1) is 12.7. The highest BCUT2D eigenvalue weighted by Crippen LogP contribution is 2.30. The molecule has 0 aromatic heterocycles. The minimum absolute atomic E-state index is 0.826. The normalized spacial score (nSPS) is 12.2. The van der Waals surface area contributed by atoms with E-state index in [4.69, 9.17) is 4.74 Å². The summed E-state index contributed by atoms with van der Waals surface area (Å²) in [7, 11) is 0. The van der Waals surface area contributed by atoms with E-state index in [0.29, 0.717) is 0 Å². The lowest BCUT2D eigenvalue weighted by molar-refractivity contribution is 0.357. The molecular formula is C17H20O. The fraction of sp³-hybridized carbons (Fsp3) is 0.294. The van der Waals surface area contributed by atoms with Crippen LogP contribution in [0.1, 0.15) is 25.0 Å². The van der Waals surface area contributed by atoms with Crippen LogP contribution in [0.2, 0.25) is 0 Å². The Hall–Kier alpha value is -1.76. The molecule has 18 heavy (non-hydrogen) atoms. The molecule has 0 radical (unpaired) electrons. The van der Waals surface area contributed by atoms with Crippen LogP contribution in [0.3, 0.4) is 0 Å². The second kappa shape index (κ2) is 5.72. The van der Waals surface area contributed by atoms with Crippen molar-refractivity contribution in [2.75, 3.05) is 6.61 Å². The van der Waals surface area contributed by atoms with Crippen molar-refractivity contribution in [3.05, 3.63) is 53.6 Å². The average molecular weight is 240 g/mol. The molecule has 0 fully saturated rings.